The van der Waals surface area contributed by atoms with E-state index in [2.05, 4.69) is 148 Å². The van der Waals surface area contributed by atoms with E-state index in [1.54, 1.807) is 0 Å². The molecule has 0 aromatic heterocycles. The molecule has 4 aromatic carbocycles. The summed E-state index contributed by atoms with van der Waals surface area (Å²) in [5, 5.41) is 1.61. The maximum atomic E-state index is 2.48. The lowest BCUT2D eigenvalue weighted by atomic mass is 9.92. The van der Waals surface area contributed by atoms with E-state index in [9.17, 15) is 0 Å². The minimum atomic E-state index is -0.607. The van der Waals surface area contributed by atoms with Crippen LogP contribution in [0, 0.1) is 0 Å². The van der Waals surface area contributed by atoms with E-state index < -0.39 is 7.92 Å². The molecular weight excluding hydrogens is 427 g/mol. The molecule has 0 bridgehead atoms. The first-order chi connectivity index (χ1) is 16.5. The van der Waals surface area contributed by atoms with Crippen molar-refractivity contribution in [2.75, 3.05) is 0 Å². The van der Waals surface area contributed by atoms with Crippen LogP contribution in [-0.4, -0.2) is 5.16 Å². The third kappa shape index (κ3) is 4.44. The number of hydrogen-bond donors (Lipinski definition) is 0. The quantitative estimate of drug-likeness (QED) is 0.267. The molecule has 0 fully saturated rings. The average molecular weight is 459 g/mol. The predicted octanol–water partition coefficient (Wildman–Crippen LogP) is 9.67. The van der Waals surface area contributed by atoms with Gasteiger partial charge in [-0.05, 0) is 49.9 Å². The first-order valence-electron chi connectivity index (χ1n) is 12.0. The summed E-state index contributed by atoms with van der Waals surface area (Å²) in [4.78, 5) is 0. The Hall–Kier alpha value is -3.21. The van der Waals surface area contributed by atoms with Gasteiger partial charge in [-0.2, -0.15) is 0 Å². The minimum absolute atomic E-state index is 0.106. The molecule has 4 aromatic rings. The van der Waals surface area contributed by atoms with E-state index >= 15 is 0 Å². The molecule has 1 aliphatic rings. The molecule has 0 spiro atoms. The highest BCUT2D eigenvalue weighted by atomic mass is 31.1. The van der Waals surface area contributed by atoms with Gasteiger partial charge in [0.15, 0.2) is 0 Å². The van der Waals surface area contributed by atoms with Crippen molar-refractivity contribution in [1.82, 2.24) is 0 Å². The van der Waals surface area contributed by atoms with Crippen molar-refractivity contribution in [3.63, 3.8) is 0 Å². The maximum Gasteiger partial charge on any atom is 0.0343 e. The number of hydrogen-bond acceptors (Lipinski definition) is 0. The largest absolute Gasteiger partial charge is 0.0622 e. The lowest BCUT2D eigenvalue weighted by molar-refractivity contribution is 0.781. The summed E-state index contributed by atoms with van der Waals surface area (Å²) in [5.74, 6) is 0. The van der Waals surface area contributed by atoms with E-state index in [1.807, 2.05) is 0 Å². The fourth-order valence-electron chi connectivity index (χ4n) is 4.99. The van der Waals surface area contributed by atoms with Crippen LogP contribution in [0.25, 0.3) is 16.5 Å². The van der Waals surface area contributed by atoms with Gasteiger partial charge < -0.3 is 0 Å². The van der Waals surface area contributed by atoms with Crippen LogP contribution < -0.4 is 0 Å². The van der Waals surface area contributed by atoms with Gasteiger partial charge in [-0.15, -0.1) is 0 Å². The molecule has 0 saturated carbocycles. The minimum Gasteiger partial charge on any atom is -0.0622 e. The molecule has 2 unspecified atom stereocenters. The van der Waals surface area contributed by atoms with Gasteiger partial charge in [-0.1, -0.05) is 150 Å². The van der Waals surface area contributed by atoms with Gasteiger partial charge >= 0.3 is 0 Å². The molecule has 0 radical (unpaired) electrons. The third-order valence-corrected chi connectivity index (χ3v) is 9.94. The van der Waals surface area contributed by atoms with Gasteiger partial charge in [-0.3, -0.25) is 0 Å². The molecule has 1 heterocycles. The molecule has 5 rings (SSSR count). The Morgan fingerprint density at radius 1 is 0.529 bits per heavy atom. The van der Waals surface area contributed by atoms with E-state index in [4.69, 9.17) is 0 Å². The van der Waals surface area contributed by atoms with E-state index in [-0.39, 0.29) is 5.16 Å². The Balaban J connectivity index is 1.88. The average Bonchev–Trinajstić information content (AvgIpc) is 2.89. The van der Waals surface area contributed by atoms with Crippen LogP contribution in [0.2, 0.25) is 0 Å². The third-order valence-electron chi connectivity index (χ3n) is 6.43. The van der Waals surface area contributed by atoms with Gasteiger partial charge in [0.05, 0.1) is 0 Å². The van der Waals surface area contributed by atoms with Gasteiger partial charge in [0, 0.05) is 5.66 Å². The van der Waals surface area contributed by atoms with Crippen molar-refractivity contribution in [1.29, 1.82) is 0 Å². The second-order valence-corrected chi connectivity index (χ2v) is 12.9. The van der Waals surface area contributed by atoms with Crippen molar-refractivity contribution in [3.05, 3.63) is 150 Å². The maximum absolute atomic E-state index is 2.48. The van der Waals surface area contributed by atoms with Crippen LogP contribution in [0.1, 0.15) is 48.7 Å². The number of rotatable bonds is 4. The second-order valence-electron chi connectivity index (χ2n) is 9.81. The molecule has 0 nitrogen and oxygen atoms in total. The Morgan fingerprint density at radius 3 is 1.47 bits per heavy atom. The summed E-state index contributed by atoms with van der Waals surface area (Å²) in [7, 11) is -0.607. The molecule has 0 aliphatic carbocycles. The summed E-state index contributed by atoms with van der Waals surface area (Å²) < 4.78 is 0. The van der Waals surface area contributed by atoms with Gasteiger partial charge in [-0.25, -0.2) is 0 Å². The van der Waals surface area contributed by atoms with Crippen molar-refractivity contribution in [2.45, 2.75) is 31.6 Å². The number of benzene rings is 4. The lowest BCUT2D eigenvalue weighted by Gasteiger charge is -2.44. The van der Waals surface area contributed by atoms with Crippen LogP contribution in [0.15, 0.2) is 127 Å². The van der Waals surface area contributed by atoms with Crippen LogP contribution >= 0.6 is 7.92 Å². The van der Waals surface area contributed by atoms with Crippen molar-refractivity contribution in [3.8, 4) is 0 Å². The molecule has 34 heavy (non-hydrogen) atoms. The van der Waals surface area contributed by atoms with Crippen LogP contribution in [-0.2, 0) is 0 Å². The Kier molecular flexibility index (Phi) is 6.36. The zero-order valence-electron chi connectivity index (χ0n) is 20.1. The summed E-state index contributed by atoms with van der Waals surface area (Å²) in [6, 6.07) is 44.1. The summed E-state index contributed by atoms with van der Waals surface area (Å²) in [6.07, 6.45) is 2.48. The molecule has 0 amide bonds. The van der Waals surface area contributed by atoms with Crippen LogP contribution in [0.5, 0.6) is 0 Å². The van der Waals surface area contributed by atoms with Crippen molar-refractivity contribution in [2.24, 2.45) is 0 Å². The molecule has 2 atom stereocenters. The molecule has 0 N–H and O–H groups in total. The van der Waals surface area contributed by atoms with E-state index in [0.29, 0.717) is 5.66 Å². The van der Waals surface area contributed by atoms with Crippen molar-refractivity contribution < 1.29 is 0 Å². The van der Waals surface area contributed by atoms with Crippen molar-refractivity contribution >= 4 is 24.4 Å². The fourth-order valence-corrected chi connectivity index (χ4v) is 8.54. The second kappa shape index (κ2) is 9.57. The zero-order valence-corrected chi connectivity index (χ0v) is 21.0. The summed E-state index contributed by atoms with van der Waals surface area (Å²) in [6.45, 7) is 7.27. The Labute approximate surface area is 205 Å². The lowest BCUT2D eigenvalue weighted by Crippen LogP contribution is -2.20. The SMILES string of the molecule is CC(C)(C)P1C(c2ccccc2)=C(c2ccccc2)C=C(c2ccccc2)C1c1ccccc1. The molecule has 0 saturated heterocycles. The van der Waals surface area contributed by atoms with Crippen LogP contribution in [0.3, 0.4) is 0 Å². The van der Waals surface area contributed by atoms with Crippen LogP contribution in [0.4, 0.5) is 0 Å². The topological polar surface area (TPSA) is 0 Å². The molecule has 1 heteroatoms. The first kappa shape index (κ1) is 22.6. The molecular formula is C33H31P. The highest BCUT2D eigenvalue weighted by Crippen LogP contribution is 2.75. The molecule has 168 valence electrons. The Morgan fingerprint density at radius 2 is 0.971 bits per heavy atom. The standard InChI is InChI=1S/C33H31P/c1-33(2,3)34-31(27-20-12-6-13-21-27)29(25-16-8-4-9-17-25)24-30(26-18-10-5-11-19-26)32(34)28-22-14-7-15-23-28/h4-24,31H,1-3H3. The molecule has 1 aliphatic heterocycles. The summed E-state index contributed by atoms with van der Waals surface area (Å²) in [5.41, 5.74) is 8.45. The summed E-state index contributed by atoms with van der Waals surface area (Å²) >= 11 is 0. The smallest absolute Gasteiger partial charge is 0.0343 e. The number of allylic oxidation sites excluding steroid dienone is 3. The van der Waals surface area contributed by atoms with Gasteiger partial charge in [0.2, 0.25) is 0 Å². The highest BCUT2D eigenvalue weighted by Gasteiger charge is 2.41. The van der Waals surface area contributed by atoms with E-state index in [1.165, 1.54) is 38.7 Å². The monoisotopic (exact) mass is 458 g/mol. The zero-order chi connectivity index (χ0) is 23.5. The highest BCUT2D eigenvalue weighted by molar-refractivity contribution is 7.71. The normalized spacial score (nSPS) is 18.5. The van der Waals surface area contributed by atoms with E-state index in [0.717, 1.165) is 0 Å². The predicted molar refractivity (Wildman–Crippen MR) is 150 cm³/mol. The van der Waals surface area contributed by atoms with Gasteiger partial charge in [0.25, 0.3) is 0 Å². The first-order valence-corrected chi connectivity index (χ1v) is 13.4. The fraction of sp³-hybridized carbons (Fsp3) is 0.152. The Bertz CT molecular complexity index is 1290. The van der Waals surface area contributed by atoms with Gasteiger partial charge in [0.1, 0.15) is 0 Å².